The first-order chi connectivity index (χ1) is 9.27. The molecule has 1 aromatic carbocycles. The van der Waals surface area contributed by atoms with E-state index in [-0.39, 0.29) is 0 Å². The van der Waals surface area contributed by atoms with Gasteiger partial charge in [-0.05, 0) is 12.1 Å². The van der Waals surface area contributed by atoms with Crippen LogP contribution in [0.25, 0.3) is 11.2 Å². The minimum absolute atomic E-state index is 0.352. The maximum Gasteiger partial charge on any atom is 0.325 e. The zero-order valence-electron chi connectivity index (χ0n) is 9.82. The zero-order chi connectivity index (χ0) is 13.2. The summed E-state index contributed by atoms with van der Waals surface area (Å²) in [7, 11) is 0. The van der Waals surface area contributed by atoms with Crippen LogP contribution in [0.1, 0.15) is 0 Å². The van der Waals surface area contributed by atoms with E-state index in [2.05, 4.69) is 19.9 Å². The van der Waals surface area contributed by atoms with Crippen molar-refractivity contribution in [2.75, 3.05) is 4.90 Å². The van der Waals surface area contributed by atoms with Gasteiger partial charge in [0, 0.05) is 0 Å². The van der Waals surface area contributed by atoms with E-state index in [1.807, 2.05) is 18.2 Å². The number of carbonyl (C=O) groups excluding carboxylic acids is 1. The van der Waals surface area contributed by atoms with Crippen LogP contribution in [-0.4, -0.2) is 26.0 Å². The quantitative estimate of drug-likeness (QED) is 0.724. The lowest BCUT2D eigenvalue weighted by Gasteiger charge is -2.19. The maximum absolute atomic E-state index is 11.7. The maximum atomic E-state index is 11.7. The third-order valence-corrected chi connectivity index (χ3v) is 2.64. The highest BCUT2D eigenvalue weighted by Crippen LogP contribution is 2.27. The van der Waals surface area contributed by atoms with Crippen molar-refractivity contribution >= 4 is 28.7 Å². The summed E-state index contributed by atoms with van der Waals surface area (Å²) >= 11 is 0. The number of benzene rings is 1. The molecule has 2 heterocycles. The fourth-order valence-corrected chi connectivity index (χ4v) is 1.85. The molecule has 0 bridgehead atoms. The third-order valence-electron chi connectivity index (χ3n) is 2.64. The second kappa shape index (κ2) is 4.37. The smallest absolute Gasteiger partial charge is 0.325 e. The Morgan fingerprint density at radius 2 is 1.95 bits per heavy atom. The molecule has 0 fully saturated rings. The summed E-state index contributed by atoms with van der Waals surface area (Å²) in [6, 6.07) is 8.39. The summed E-state index contributed by atoms with van der Waals surface area (Å²) < 4.78 is 0. The number of nitrogens with one attached hydrogen (secondary N) is 1. The van der Waals surface area contributed by atoms with Gasteiger partial charge < -0.3 is 10.7 Å². The molecule has 2 aromatic heterocycles. The van der Waals surface area contributed by atoms with Gasteiger partial charge in [-0.25, -0.2) is 24.6 Å². The van der Waals surface area contributed by atoms with E-state index in [4.69, 9.17) is 5.73 Å². The molecule has 0 radical (unpaired) electrons. The van der Waals surface area contributed by atoms with Gasteiger partial charge in [0.2, 0.25) is 0 Å². The lowest BCUT2D eigenvalue weighted by atomic mass is 10.3. The number of hydrogen-bond acceptors (Lipinski definition) is 4. The molecule has 0 aliphatic heterocycles. The van der Waals surface area contributed by atoms with Crippen LogP contribution < -0.4 is 10.6 Å². The molecule has 7 nitrogen and oxygen atoms in total. The van der Waals surface area contributed by atoms with Crippen LogP contribution in [0.4, 0.5) is 16.3 Å². The van der Waals surface area contributed by atoms with Gasteiger partial charge in [0.15, 0.2) is 17.0 Å². The highest BCUT2D eigenvalue weighted by molar-refractivity contribution is 6.02. The first-order valence-corrected chi connectivity index (χ1v) is 5.56. The summed E-state index contributed by atoms with van der Waals surface area (Å²) in [5.74, 6) is 0.352. The number of nitrogens with two attached hydrogens (primary N) is 1. The second-order valence-electron chi connectivity index (χ2n) is 3.81. The normalized spacial score (nSPS) is 10.5. The Balaban J connectivity index is 2.21. The standard InChI is InChI=1S/C12H10N6O/c13-12(19)18(8-4-2-1-3-5-8)11-9-10(15-6-14-9)16-7-17-11/h1-7H,(H2,13,19)(H,14,15,16,17). The number of aromatic amines is 1. The lowest BCUT2D eigenvalue weighted by Crippen LogP contribution is -2.32. The number of aromatic nitrogens is 4. The fraction of sp³-hybridized carbons (Fsp3) is 0. The van der Waals surface area contributed by atoms with Crippen molar-refractivity contribution in [1.82, 2.24) is 19.9 Å². The van der Waals surface area contributed by atoms with Crippen LogP contribution >= 0.6 is 0 Å². The number of urea groups is 1. The molecule has 0 aliphatic rings. The van der Waals surface area contributed by atoms with Crippen molar-refractivity contribution in [1.29, 1.82) is 0 Å². The number of para-hydroxylation sites is 1. The third kappa shape index (κ3) is 1.86. The predicted octanol–water partition coefficient (Wildman–Crippen LogP) is 1.57. The minimum atomic E-state index is -0.630. The number of imidazole rings is 1. The van der Waals surface area contributed by atoms with E-state index >= 15 is 0 Å². The Bertz CT molecular complexity index is 723. The number of anilines is 2. The highest BCUT2D eigenvalue weighted by atomic mass is 16.2. The van der Waals surface area contributed by atoms with Gasteiger partial charge in [-0.1, -0.05) is 18.2 Å². The van der Waals surface area contributed by atoms with Crippen molar-refractivity contribution in [3.8, 4) is 0 Å². The number of fused-ring (bicyclic) bond motifs is 1. The molecule has 0 spiro atoms. The van der Waals surface area contributed by atoms with Gasteiger partial charge in [-0.15, -0.1) is 0 Å². The van der Waals surface area contributed by atoms with Crippen molar-refractivity contribution in [2.45, 2.75) is 0 Å². The highest BCUT2D eigenvalue weighted by Gasteiger charge is 2.20. The van der Waals surface area contributed by atoms with Crippen LogP contribution in [0.15, 0.2) is 43.0 Å². The zero-order valence-corrected chi connectivity index (χ0v) is 9.82. The number of carbonyl (C=O) groups is 1. The van der Waals surface area contributed by atoms with Gasteiger partial charge in [-0.3, -0.25) is 0 Å². The van der Waals surface area contributed by atoms with E-state index in [0.717, 1.165) is 0 Å². The second-order valence-corrected chi connectivity index (χ2v) is 3.81. The van der Waals surface area contributed by atoms with Gasteiger partial charge in [-0.2, -0.15) is 0 Å². The average molecular weight is 254 g/mol. The molecule has 94 valence electrons. The minimum Gasteiger partial charge on any atom is -0.351 e. The largest absolute Gasteiger partial charge is 0.351 e. The molecule has 0 unspecified atom stereocenters. The first kappa shape index (κ1) is 11.1. The number of amides is 2. The van der Waals surface area contributed by atoms with Crippen LogP contribution in [-0.2, 0) is 0 Å². The Labute approximate surface area is 108 Å². The molecule has 3 N–H and O–H groups in total. The molecule has 19 heavy (non-hydrogen) atoms. The molecular weight excluding hydrogens is 244 g/mol. The number of nitrogens with zero attached hydrogens (tertiary/aromatic N) is 4. The van der Waals surface area contributed by atoms with Crippen LogP contribution in [0.5, 0.6) is 0 Å². The molecule has 2 amide bonds. The Hall–Kier alpha value is -2.96. The molecule has 7 heteroatoms. The van der Waals surface area contributed by atoms with Gasteiger partial charge in [0.1, 0.15) is 6.33 Å². The number of hydrogen-bond donors (Lipinski definition) is 2. The van der Waals surface area contributed by atoms with Gasteiger partial charge >= 0.3 is 6.03 Å². The SMILES string of the molecule is NC(=O)N(c1ccccc1)c1ncnc2[nH]cnc12. The molecule has 0 saturated carbocycles. The summed E-state index contributed by atoms with van der Waals surface area (Å²) in [6.45, 7) is 0. The Morgan fingerprint density at radius 3 is 2.68 bits per heavy atom. The molecule has 0 aliphatic carbocycles. The first-order valence-electron chi connectivity index (χ1n) is 5.56. The van der Waals surface area contributed by atoms with Gasteiger partial charge in [0.05, 0.1) is 12.0 Å². The molecular formula is C12H10N6O. The van der Waals surface area contributed by atoms with Crippen LogP contribution in [0, 0.1) is 0 Å². The predicted molar refractivity (Wildman–Crippen MR) is 69.8 cm³/mol. The summed E-state index contributed by atoms with van der Waals surface area (Å²) in [5.41, 5.74) is 7.11. The van der Waals surface area contributed by atoms with Crippen molar-refractivity contribution in [3.05, 3.63) is 43.0 Å². The molecule has 0 saturated heterocycles. The van der Waals surface area contributed by atoms with Crippen molar-refractivity contribution < 1.29 is 4.79 Å². The van der Waals surface area contributed by atoms with Crippen LogP contribution in [0.2, 0.25) is 0 Å². The topological polar surface area (TPSA) is 101 Å². The Morgan fingerprint density at radius 1 is 1.16 bits per heavy atom. The Kier molecular flexibility index (Phi) is 2.57. The molecule has 3 aromatic rings. The molecule has 0 atom stereocenters. The summed E-state index contributed by atoms with van der Waals surface area (Å²) in [4.78, 5) is 28.1. The molecule has 3 rings (SSSR count). The lowest BCUT2D eigenvalue weighted by molar-refractivity contribution is 0.256. The summed E-state index contributed by atoms with van der Waals surface area (Å²) in [5, 5.41) is 0. The fourth-order valence-electron chi connectivity index (χ4n) is 1.85. The number of H-pyrrole nitrogens is 1. The number of primary amides is 1. The van der Waals surface area contributed by atoms with E-state index in [1.165, 1.54) is 17.6 Å². The van der Waals surface area contributed by atoms with E-state index in [9.17, 15) is 4.79 Å². The summed E-state index contributed by atoms with van der Waals surface area (Å²) in [6.07, 6.45) is 2.85. The van der Waals surface area contributed by atoms with Crippen LogP contribution in [0.3, 0.4) is 0 Å². The van der Waals surface area contributed by atoms with E-state index in [1.54, 1.807) is 12.1 Å². The van der Waals surface area contributed by atoms with Gasteiger partial charge in [0.25, 0.3) is 0 Å². The van der Waals surface area contributed by atoms with E-state index in [0.29, 0.717) is 22.7 Å². The monoisotopic (exact) mass is 254 g/mol. The number of rotatable bonds is 2. The van der Waals surface area contributed by atoms with E-state index < -0.39 is 6.03 Å². The average Bonchev–Trinajstić information content (AvgIpc) is 2.89. The van der Waals surface area contributed by atoms with Crippen molar-refractivity contribution in [3.63, 3.8) is 0 Å². The van der Waals surface area contributed by atoms with Crippen molar-refractivity contribution in [2.24, 2.45) is 5.73 Å².